The summed E-state index contributed by atoms with van der Waals surface area (Å²) in [6, 6.07) is 20.5. The van der Waals surface area contributed by atoms with E-state index in [4.69, 9.17) is 20.9 Å². The van der Waals surface area contributed by atoms with Crippen LogP contribution in [0.5, 0.6) is 0 Å². The molecule has 1 fully saturated rings. The molecule has 2 aromatic heterocycles. The van der Waals surface area contributed by atoms with Crippen LogP contribution in [0, 0.1) is 13.8 Å². The van der Waals surface area contributed by atoms with Crippen LogP contribution in [0.4, 0.5) is 0 Å². The van der Waals surface area contributed by atoms with Gasteiger partial charge in [-0.1, -0.05) is 41.0 Å². The normalized spacial score (nSPS) is 18.0. The van der Waals surface area contributed by atoms with E-state index in [9.17, 15) is 4.79 Å². The number of aromatic nitrogens is 2. The maximum atomic E-state index is 13.5. The van der Waals surface area contributed by atoms with Crippen molar-refractivity contribution >= 4 is 39.3 Å². The average molecular weight is 528 g/mol. The Morgan fingerprint density at radius 1 is 0.947 bits per heavy atom. The summed E-state index contributed by atoms with van der Waals surface area (Å²) in [6.45, 7) is 9.80. The minimum absolute atomic E-state index is 0.0236. The molecular weight excluding hydrogens is 498 g/mol. The summed E-state index contributed by atoms with van der Waals surface area (Å²) in [5, 5.41) is 7.02. The Hall–Kier alpha value is -3.61. The number of carbonyl (C=O) groups is 1. The van der Waals surface area contributed by atoms with E-state index in [1.807, 2.05) is 56.9 Å². The van der Waals surface area contributed by atoms with Crippen molar-refractivity contribution in [1.29, 1.82) is 0 Å². The van der Waals surface area contributed by atoms with Crippen LogP contribution < -0.4 is 0 Å². The minimum atomic E-state index is 0.0236. The number of nitrogens with zero attached hydrogens (tertiary/aromatic N) is 3. The highest BCUT2D eigenvalue weighted by Gasteiger charge is 2.27. The van der Waals surface area contributed by atoms with Gasteiger partial charge in [0.15, 0.2) is 0 Å². The van der Waals surface area contributed by atoms with Crippen molar-refractivity contribution < 1.29 is 14.1 Å². The zero-order valence-corrected chi connectivity index (χ0v) is 22.7. The number of halogens is 1. The predicted octanol–water partition coefficient (Wildman–Crippen LogP) is 7.02. The largest absolute Gasteiger partial charge is 0.372 e. The maximum Gasteiger partial charge on any atom is 0.254 e. The van der Waals surface area contributed by atoms with E-state index < -0.39 is 0 Å². The molecule has 0 aliphatic carbocycles. The van der Waals surface area contributed by atoms with Gasteiger partial charge < -0.3 is 18.7 Å². The van der Waals surface area contributed by atoms with Crippen LogP contribution in [0.2, 0.25) is 5.02 Å². The summed E-state index contributed by atoms with van der Waals surface area (Å²) in [6.07, 6.45) is 0.0472. The number of carbonyl (C=O) groups excluding carboxylic acids is 1. The topological polar surface area (TPSA) is 60.5 Å². The Morgan fingerprint density at radius 2 is 1.68 bits per heavy atom. The van der Waals surface area contributed by atoms with Gasteiger partial charge in [-0.05, 0) is 75.2 Å². The van der Waals surface area contributed by atoms with Gasteiger partial charge in [-0.25, -0.2) is 0 Å². The summed E-state index contributed by atoms with van der Waals surface area (Å²) in [5.41, 5.74) is 6.94. The van der Waals surface area contributed by atoms with Crippen LogP contribution in [0.15, 0.2) is 65.2 Å². The molecule has 1 amide bonds. The number of hydrogen-bond acceptors (Lipinski definition) is 4. The second kappa shape index (κ2) is 9.61. The van der Waals surface area contributed by atoms with E-state index in [0.717, 1.165) is 50.0 Å². The summed E-state index contributed by atoms with van der Waals surface area (Å²) in [5.74, 6) is 0.837. The molecule has 38 heavy (non-hydrogen) atoms. The summed E-state index contributed by atoms with van der Waals surface area (Å²) in [7, 11) is 0. The third-order valence-electron chi connectivity index (χ3n) is 7.40. The highest BCUT2D eigenvalue weighted by molar-refractivity contribution is 6.30. The van der Waals surface area contributed by atoms with Crippen molar-refractivity contribution in [3.8, 4) is 11.1 Å². The van der Waals surface area contributed by atoms with Gasteiger partial charge in [-0.2, -0.15) is 0 Å². The molecule has 6 rings (SSSR count). The number of fused-ring (bicyclic) bond motifs is 3. The molecule has 0 bridgehead atoms. The number of ether oxygens (including phenoxy) is 1. The van der Waals surface area contributed by atoms with E-state index in [2.05, 4.69) is 46.1 Å². The predicted molar refractivity (Wildman–Crippen MR) is 151 cm³/mol. The number of amides is 1. The Bertz CT molecular complexity index is 1640. The van der Waals surface area contributed by atoms with Crippen LogP contribution in [0.1, 0.15) is 41.2 Å². The van der Waals surface area contributed by atoms with E-state index in [1.54, 1.807) is 0 Å². The maximum absolute atomic E-state index is 13.5. The van der Waals surface area contributed by atoms with Gasteiger partial charge >= 0.3 is 0 Å². The number of hydrogen-bond donors (Lipinski definition) is 0. The third-order valence-corrected chi connectivity index (χ3v) is 7.65. The summed E-state index contributed by atoms with van der Waals surface area (Å²) >= 11 is 6.15. The fourth-order valence-corrected chi connectivity index (χ4v) is 5.88. The molecule has 0 radical (unpaired) electrons. The van der Waals surface area contributed by atoms with Gasteiger partial charge in [0.2, 0.25) is 0 Å². The molecule has 0 saturated carbocycles. The van der Waals surface area contributed by atoms with E-state index in [0.29, 0.717) is 30.2 Å². The first kappa shape index (κ1) is 24.7. The number of rotatable bonds is 4. The Balaban J connectivity index is 1.50. The zero-order valence-electron chi connectivity index (χ0n) is 22.0. The van der Waals surface area contributed by atoms with Crippen molar-refractivity contribution in [3.63, 3.8) is 0 Å². The lowest BCUT2D eigenvalue weighted by atomic mass is 10.0. The van der Waals surface area contributed by atoms with Crippen molar-refractivity contribution in [2.45, 2.75) is 46.4 Å². The lowest BCUT2D eigenvalue weighted by Gasteiger charge is -2.35. The van der Waals surface area contributed by atoms with E-state index >= 15 is 0 Å². The first-order chi connectivity index (χ1) is 18.3. The van der Waals surface area contributed by atoms with Gasteiger partial charge in [0.05, 0.1) is 23.4 Å². The monoisotopic (exact) mass is 527 g/mol. The highest BCUT2D eigenvalue weighted by Crippen LogP contribution is 2.36. The molecule has 0 unspecified atom stereocenters. The van der Waals surface area contributed by atoms with Crippen molar-refractivity contribution in [1.82, 2.24) is 14.6 Å². The van der Waals surface area contributed by atoms with Crippen molar-refractivity contribution in [2.75, 3.05) is 13.1 Å². The second-order valence-corrected chi connectivity index (χ2v) is 10.8. The Kier molecular flexibility index (Phi) is 6.25. The molecule has 5 aromatic rings. The summed E-state index contributed by atoms with van der Waals surface area (Å²) < 4.78 is 13.6. The molecule has 2 atom stereocenters. The first-order valence-electron chi connectivity index (χ1n) is 13.0. The third kappa shape index (κ3) is 4.38. The standard InChI is InChI=1S/C31H30ClN3O3/c1-18-15-34(16-19(2)37-18)31(36)24-8-12-28-27(13-24)26-11-7-23(30-20(3)33-38-21(30)4)14-29(26)35(28)17-22-5-9-25(32)10-6-22/h5-14,18-19H,15-17H2,1-4H3/t18-,19+. The minimum Gasteiger partial charge on any atom is -0.372 e. The van der Waals surface area contributed by atoms with Crippen molar-refractivity contribution in [2.24, 2.45) is 0 Å². The van der Waals surface area contributed by atoms with Crippen LogP contribution >= 0.6 is 11.6 Å². The molecule has 7 heteroatoms. The van der Waals surface area contributed by atoms with Crippen LogP contribution in [-0.4, -0.2) is 45.8 Å². The molecule has 3 heterocycles. The molecule has 194 valence electrons. The Labute approximate surface area is 226 Å². The molecule has 1 aliphatic heterocycles. The van der Waals surface area contributed by atoms with E-state index in [1.165, 1.54) is 0 Å². The summed E-state index contributed by atoms with van der Waals surface area (Å²) in [4.78, 5) is 15.4. The molecular formula is C31H30ClN3O3. The molecule has 6 nitrogen and oxygen atoms in total. The zero-order chi connectivity index (χ0) is 26.6. The molecule has 1 aliphatic rings. The van der Waals surface area contributed by atoms with Crippen LogP contribution in [0.25, 0.3) is 32.9 Å². The van der Waals surface area contributed by atoms with Crippen LogP contribution in [-0.2, 0) is 11.3 Å². The van der Waals surface area contributed by atoms with E-state index in [-0.39, 0.29) is 18.1 Å². The number of aryl methyl sites for hydroxylation is 2. The quantitative estimate of drug-likeness (QED) is 0.252. The first-order valence-corrected chi connectivity index (χ1v) is 13.3. The van der Waals surface area contributed by atoms with Gasteiger partial charge in [0.1, 0.15) is 5.76 Å². The average Bonchev–Trinajstić information content (AvgIpc) is 3.39. The van der Waals surface area contributed by atoms with Gasteiger partial charge in [0, 0.05) is 52.1 Å². The molecule has 1 saturated heterocycles. The second-order valence-electron chi connectivity index (χ2n) is 10.3. The smallest absolute Gasteiger partial charge is 0.254 e. The van der Waals surface area contributed by atoms with Crippen LogP contribution in [0.3, 0.4) is 0 Å². The van der Waals surface area contributed by atoms with Gasteiger partial charge in [-0.3, -0.25) is 4.79 Å². The van der Waals surface area contributed by atoms with Gasteiger partial charge in [-0.15, -0.1) is 0 Å². The Morgan fingerprint density at radius 3 is 2.37 bits per heavy atom. The fraction of sp³-hybridized carbons (Fsp3) is 0.290. The molecule has 0 N–H and O–H groups in total. The number of benzene rings is 3. The lowest BCUT2D eigenvalue weighted by molar-refractivity contribution is -0.0586. The van der Waals surface area contributed by atoms with Crippen molar-refractivity contribution in [3.05, 3.63) is 88.3 Å². The SMILES string of the molecule is Cc1noc(C)c1-c1ccc2c3cc(C(=O)N4C[C@@H](C)O[C@@H](C)C4)ccc3n(Cc3ccc(Cl)cc3)c2c1. The number of morpholine rings is 1. The highest BCUT2D eigenvalue weighted by atomic mass is 35.5. The van der Waals surface area contributed by atoms with Gasteiger partial charge in [0.25, 0.3) is 5.91 Å². The molecule has 3 aromatic carbocycles. The molecule has 0 spiro atoms. The lowest BCUT2D eigenvalue weighted by Crippen LogP contribution is -2.48. The fourth-order valence-electron chi connectivity index (χ4n) is 5.75.